The number of benzene rings is 1. The van der Waals surface area contributed by atoms with Gasteiger partial charge < -0.3 is 5.32 Å². The van der Waals surface area contributed by atoms with E-state index in [1.807, 2.05) is 6.07 Å². The maximum atomic E-state index is 12.8. The van der Waals surface area contributed by atoms with E-state index in [0.717, 1.165) is 25.8 Å². The van der Waals surface area contributed by atoms with Crippen molar-refractivity contribution in [2.24, 2.45) is 0 Å². The first-order valence-corrected chi connectivity index (χ1v) is 8.92. The van der Waals surface area contributed by atoms with E-state index < -0.39 is 10.0 Å². The van der Waals surface area contributed by atoms with E-state index in [0.29, 0.717) is 17.5 Å². The van der Waals surface area contributed by atoms with Crippen LogP contribution in [0.3, 0.4) is 0 Å². The minimum absolute atomic E-state index is 0.106. The number of hydrogen-bond donors (Lipinski definition) is 1. The highest BCUT2D eigenvalue weighted by molar-refractivity contribution is 7.89. The van der Waals surface area contributed by atoms with Crippen LogP contribution in [-0.4, -0.2) is 37.9 Å². The van der Waals surface area contributed by atoms with Crippen LogP contribution < -0.4 is 5.32 Å². The summed E-state index contributed by atoms with van der Waals surface area (Å²) in [4.78, 5) is 0.415. The monoisotopic (exact) mass is 294 g/mol. The summed E-state index contributed by atoms with van der Waals surface area (Å²) in [6.45, 7) is 1.44. The van der Waals surface area contributed by atoms with Gasteiger partial charge in [-0.15, -0.1) is 0 Å². The number of hydrogen-bond acceptors (Lipinski definition) is 3. The first kappa shape index (κ1) is 14.0. The Labute approximate surface area is 121 Å². The fraction of sp³-hybridized carbons (Fsp3) is 0.600. The van der Waals surface area contributed by atoms with Gasteiger partial charge in [0.2, 0.25) is 10.0 Å². The summed E-state index contributed by atoms with van der Waals surface area (Å²) in [7, 11) is -3.35. The molecule has 1 saturated carbocycles. The van der Waals surface area contributed by atoms with Gasteiger partial charge in [-0.25, -0.2) is 8.42 Å². The van der Waals surface area contributed by atoms with Gasteiger partial charge in [-0.2, -0.15) is 4.31 Å². The minimum atomic E-state index is -3.35. The minimum Gasteiger partial charge on any atom is -0.312 e. The van der Waals surface area contributed by atoms with E-state index in [1.165, 1.54) is 12.8 Å². The Morgan fingerprint density at radius 3 is 2.55 bits per heavy atom. The lowest BCUT2D eigenvalue weighted by molar-refractivity contribution is 0.245. The predicted molar refractivity (Wildman–Crippen MR) is 79.0 cm³/mol. The summed E-state index contributed by atoms with van der Waals surface area (Å²) in [6.07, 6.45) is 5.52. The molecule has 1 N–H and O–H groups in total. The number of piperidine rings is 1. The molecular weight excluding hydrogens is 272 g/mol. The molecule has 1 unspecified atom stereocenters. The molecule has 4 nitrogen and oxygen atoms in total. The predicted octanol–water partition coefficient (Wildman–Crippen LogP) is 1.98. The van der Waals surface area contributed by atoms with E-state index in [4.69, 9.17) is 0 Å². The quantitative estimate of drug-likeness (QED) is 0.903. The molecule has 0 bridgehead atoms. The van der Waals surface area contributed by atoms with E-state index in [-0.39, 0.29) is 6.04 Å². The summed E-state index contributed by atoms with van der Waals surface area (Å²) < 4.78 is 27.2. The van der Waals surface area contributed by atoms with Crippen LogP contribution in [0.5, 0.6) is 0 Å². The van der Waals surface area contributed by atoms with Crippen molar-refractivity contribution in [2.45, 2.75) is 49.1 Å². The van der Waals surface area contributed by atoms with Gasteiger partial charge in [0, 0.05) is 25.2 Å². The van der Waals surface area contributed by atoms with Crippen LogP contribution in [0.25, 0.3) is 0 Å². The lowest BCUT2D eigenvalue weighted by atomic mass is 10.1. The maximum Gasteiger partial charge on any atom is 0.243 e. The molecule has 5 heteroatoms. The number of sulfonamides is 1. The molecule has 1 saturated heterocycles. The summed E-state index contributed by atoms with van der Waals surface area (Å²) in [5, 5.41) is 3.47. The normalized spacial score (nSPS) is 24.7. The lowest BCUT2D eigenvalue weighted by Gasteiger charge is -2.35. The molecule has 0 radical (unpaired) electrons. The van der Waals surface area contributed by atoms with Crippen molar-refractivity contribution >= 4 is 10.0 Å². The molecule has 0 aromatic heterocycles. The molecule has 1 aliphatic heterocycles. The number of rotatable bonds is 5. The van der Waals surface area contributed by atoms with Gasteiger partial charge in [-0.1, -0.05) is 24.6 Å². The standard InChI is InChI=1S/C15H22N2O2S/c18-20(19,15-7-2-1-3-8-15)17-11-5-4-6-14(17)12-16-13-9-10-13/h1-3,7-8,13-14,16H,4-6,9-12H2. The SMILES string of the molecule is O=S(=O)(c1ccccc1)N1CCCCC1CNC1CC1. The third-order valence-electron chi connectivity index (χ3n) is 4.14. The molecular formula is C15H22N2O2S. The van der Waals surface area contributed by atoms with Gasteiger partial charge in [0.1, 0.15) is 0 Å². The lowest BCUT2D eigenvalue weighted by Crippen LogP contribution is -2.48. The highest BCUT2D eigenvalue weighted by Crippen LogP contribution is 2.26. The second-order valence-corrected chi connectivity index (χ2v) is 7.65. The number of nitrogens with one attached hydrogen (secondary N) is 1. The Morgan fingerprint density at radius 2 is 1.85 bits per heavy atom. The zero-order valence-electron chi connectivity index (χ0n) is 11.7. The van der Waals surface area contributed by atoms with Gasteiger partial charge in [0.15, 0.2) is 0 Å². The van der Waals surface area contributed by atoms with Crippen molar-refractivity contribution in [1.29, 1.82) is 0 Å². The topological polar surface area (TPSA) is 49.4 Å². The fourth-order valence-corrected chi connectivity index (χ4v) is 4.53. The first-order chi connectivity index (χ1) is 9.68. The van der Waals surface area contributed by atoms with Gasteiger partial charge in [-0.05, 0) is 37.8 Å². The van der Waals surface area contributed by atoms with Crippen LogP contribution in [-0.2, 0) is 10.0 Å². The molecule has 1 aromatic rings. The van der Waals surface area contributed by atoms with E-state index >= 15 is 0 Å². The molecule has 2 fully saturated rings. The summed E-state index contributed by atoms with van der Waals surface area (Å²) in [5.74, 6) is 0. The molecule has 0 spiro atoms. The van der Waals surface area contributed by atoms with E-state index in [9.17, 15) is 8.42 Å². The molecule has 1 aromatic carbocycles. The van der Waals surface area contributed by atoms with Crippen LogP contribution in [0.1, 0.15) is 32.1 Å². The maximum absolute atomic E-state index is 12.8. The van der Waals surface area contributed by atoms with Gasteiger partial charge >= 0.3 is 0 Å². The van der Waals surface area contributed by atoms with Crippen LogP contribution >= 0.6 is 0 Å². The molecule has 20 heavy (non-hydrogen) atoms. The summed E-state index contributed by atoms with van der Waals surface area (Å²) >= 11 is 0. The highest BCUT2D eigenvalue weighted by atomic mass is 32.2. The number of nitrogens with zero attached hydrogens (tertiary/aromatic N) is 1. The van der Waals surface area contributed by atoms with Gasteiger partial charge in [-0.3, -0.25) is 0 Å². The molecule has 0 amide bonds. The van der Waals surface area contributed by atoms with Crippen molar-refractivity contribution in [2.75, 3.05) is 13.1 Å². The van der Waals surface area contributed by atoms with Crippen molar-refractivity contribution in [1.82, 2.24) is 9.62 Å². The molecule has 110 valence electrons. The largest absolute Gasteiger partial charge is 0.312 e. The average Bonchev–Trinajstić information content (AvgIpc) is 3.30. The Kier molecular flexibility index (Phi) is 4.10. The van der Waals surface area contributed by atoms with Crippen LogP contribution in [0, 0.1) is 0 Å². The van der Waals surface area contributed by atoms with Crippen LogP contribution in [0.2, 0.25) is 0 Å². The van der Waals surface area contributed by atoms with Crippen molar-refractivity contribution in [3.63, 3.8) is 0 Å². The zero-order chi connectivity index (χ0) is 14.0. The highest BCUT2D eigenvalue weighted by Gasteiger charge is 2.34. The zero-order valence-corrected chi connectivity index (χ0v) is 12.5. The van der Waals surface area contributed by atoms with E-state index in [2.05, 4.69) is 5.32 Å². The molecule has 1 heterocycles. The van der Waals surface area contributed by atoms with Gasteiger partial charge in [0.25, 0.3) is 0 Å². The van der Waals surface area contributed by atoms with Crippen LogP contribution in [0.4, 0.5) is 0 Å². The smallest absolute Gasteiger partial charge is 0.243 e. The van der Waals surface area contributed by atoms with E-state index in [1.54, 1.807) is 28.6 Å². The van der Waals surface area contributed by atoms with Crippen LogP contribution in [0.15, 0.2) is 35.2 Å². The Bertz CT molecular complexity index is 540. The molecule has 1 atom stereocenters. The summed E-state index contributed by atoms with van der Waals surface area (Å²) in [5.41, 5.74) is 0. The van der Waals surface area contributed by atoms with Crippen molar-refractivity contribution in [3.05, 3.63) is 30.3 Å². The second kappa shape index (κ2) is 5.84. The molecule has 1 aliphatic carbocycles. The second-order valence-electron chi connectivity index (χ2n) is 5.76. The van der Waals surface area contributed by atoms with Crippen molar-refractivity contribution in [3.8, 4) is 0 Å². The Balaban J connectivity index is 1.77. The molecule has 3 rings (SSSR count). The van der Waals surface area contributed by atoms with Gasteiger partial charge in [0.05, 0.1) is 4.90 Å². The fourth-order valence-electron chi connectivity index (χ4n) is 2.81. The summed E-state index contributed by atoms with van der Waals surface area (Å²) in [6, 6.07) is 9.53. The van der Waals surface area contributed by atoms with Crippen molar-refractivity contribution < 1.29 is 8.42 Å². The first-order valence-electron chi connectivity index (χ1n) is 7.48. The third kappa shape index (κ3) is 3.05. The Morgan fingerprint density at radius 1 is 1.10 bits per heavy atom. The Hall–Kier alpha value is -0.910. The average molecular weight is 294 g/mol. The molecule has 2 aliphatic rings. The third-order valence-corrected chi connectivity index (χ3v) is 6.11.